The van der Waals surface area contributed by atoms with Crippen LogP contribution in [0.25, 0.3) is 0 Å². The predicted octanol–water partition coefficient (Wildman–Crippen LogP) is 10.3. The Balaban J connectivity index is 0.000000252. The molecule has 4 aromatic carbocycles. The zero-order chi connectivity index (χ0) is 104. The largest absolute Gasteiger partial charge is 1.00 e. The molecule has 752 valence electrons. The molecule has 4 aliphatic rings. The van der Waals surface area contributed by atoms with Crippen molar-refractivity contribution in [3.8, 4) is 48.1 Å². The average molecular weight is 2200 g/mol. The van der Waals surface area contributed by atoms with Crippen LogP contribution in [-0.4, -0.2) is 183 Å². The van der Waals surface area contributed by atoms with Crippen LogP contribution in [0.15, 0.2) is 197 Å². The van der Waals surface area contributed by atoms with Crippen molar-refractivity contribution in [2.24, 2.45) is 46.6 Å². The molecule has 8 aromatic heterocycles. The number of aliphatic hydroxyl groups is 5. The Bertz CT molecular complexity index is 6620. The maximum absolute atomic E-state index is 13.4. The van der Waals surface area contributed by atoms with E-state index in [0.717, 1.165) is 119 Å². The minimum absolute atomic E-state index is 0. The molecule has 12 atom stereocenters. The number of rotatable bonds is 31. The summed E-state index contributed by atoms with van der Waals surface area (Å²) < 4.78 is 27.8. The Morgan fingerprint density at radius 1 is 0.476 bits per heavy atom. The summed E-state index contributed by atoms with van der Waals surface area (Å²) >= 11 is 9.19. The van der Waals surface area contributed by atoms with Crippen LogP contribution < -0.4 is 134 Å². The molecule has 12 aromatic rings. The van der Waals surface area contributed by atoms with E-state index in [2.05, 4.69) is 211 Å². The maximum atomic E-state index is 13.4. The summed E-state index contributed by atoms with van der Waals surface area (Å²) in [6, 6.07) is 40.2. The van der Waals surface area contributed by atoms with Crippen LogP contribution in [0.1, 0.15) is 196 Å². The molecule has 0 amide bonds. The first kappa shape index (κ1) is 122. The number of carbonyl (C=O) groups excluding carboxylic acids is 5. The molecule has 0 aliphatic heterocycles. The maximum Gasteiger partial charge on any atom is 1.00 e. The van der Waals surface area contributed by atoms with Crippen LogP contribution in [0.5, 0.6) is 0 Å². The summed E-state index contributed by atoms with van der Waals surface area (Å²) in [5, 5.41) is 80.7. The number of halogens is 1. The molecule has 8 heterocycles. The predicted molar refractivity (Wildman–Crippen MR) is 573 cm³/mol. The molecule has 28 nitrogen and oxygen atoms in total. The summed E-state index contributed by atoms with van der Waals surface area (Å²) in [5.41, 5.74) is 19.5. The summed E-state index contributed by atoms with van der Waals surface area (Å²) in [6.07, 6.45) is 36.4. The molecule has 0 bridgehead atoms. The van der Waals surface area contributed by atoms with E-state index in [1.807, 2.05) is 107 Å². The van der Waals surface area contributed by atoms with Crippen LogP contribution in [0.3, 0.4) is 0 Å². The minimum atomic E-state index is -4.09. The number of nitrogens with one attached hydrogen (secondary N) is 4. The molecule has 0 spiro atoms. The van der Waals surface area contributed by atoms with Gasteiger partial charge in [-0.15, -0.1) is 75.7 Å². The van der Waals surface area contributed by atoms with E-state index >= 15 is 0 Å². The van der Waals surface area contributed by atoms with E-state index in [0.29, 0.717) is 108 Å². The number of anilines is 4. The first-order valence-corrected chi connectivity index (χ1v) is 59.3. The van der Waals surface area contributed by atoms with E-state index in [1.165, 1.54) is 88.0 Å². The number of hydrogen-bond donors (Lipinski definition) is 10. The fourth-order valence-electron chi connectivity index (χ4n) is 17.0. The molecular formula is C107H122BrK2N13O15S5Si2. The van der Waals surface area contributed by atoms with E-state index in [4.69, 9.17) is 39.6 Å². The standard InChI is InChI=1S/C28H33N3O2SSi.C25H25N3O2S.C24H24N4O5S2.C23H24BrN3O2S.C5H10Si.CH2O3.CH4O.2K.H/c1-19-10-24(14-23(19)16-32)31-28-25(15-29-18-30-28)27(33)26-13-22(17-34-26)12-21-7-5-6-20(11-21)8-9-35(2,3)4;1-3-17-5-4-6-18(8-17)9-19-10-23(31-14-19)24(30)22-12-26-15-27-25(22)28-21-7-16(2)20(11-21)13-29;1-2-15-4-3-5-16(6-15)7-17-8-22(34-13-17)23(30)20-11-26-14-27-24(20)28-19-9-18(21(29)10-19)12-33-35(25,31)32;1-14-5-19(9-17(14)11-28)27-23-20(10-25-13-26-23)22(29)21-8-16(12-30-21)6-15-3-2-4-18(24)7-15;1-5-6(2,3)4;2-1-4-3;1-2;;;/h5-7,11,13,15,17-19,23-24,32H,10,12,14,16H2,1-4H3,(H,29,30,31);1,4-6,8,10,12,14-16,20-21,29H,7,9,11,13H2,2H3,(H,26,27,28);1,3-6,8,11,13-14,18-19,21,29H,7,9-10,12H2,(H2,25,31,32)(H,26,27,28);2-4,7-8,10,12-14,17,19,28H,5-6,9,11H2,1H3,(H,25,26,27);1H,2-4H3;1,3H;2H,1H3;;;/q;;;;;;;2*+1;-1/p-1/t19-,23+,24-;16-,20+,21-;18-,19-,21+;14-,17+,19-;;;;;;/m0010....../s1. The molecule has 0 saturated heterocycles. The van der Waals surface area contributed by atoms with Gasteiger partial charge in [-0.1, -0.05) is 142 Å². The Hall–Kier alpha value is -8.59. The molecule has 38 heteroatoms. The van der Waals surface area contributed by atoms with Gasteiger partial charge in [0.15, 0.2) is 0 Å². The zero-order valence-corrected chi connectivity index (χ0v) is 97.3. The first-order chi connectivity index (χ1) is 68.5. The third-order valence-electron chi connectivity index (χ3n) is 24.3. The van der Waals surface area contributed by atoms with Gasteiger partial charge >= 0.3 is 113 Å². The molecule has 11 N–H and O–H groups in total. The minimum Gasteiger partial charge on any atom is -1.00 e. The van der Waals surface area contributed by atoms with Crippen molar-refractivity contribution in [3.05, 3.63) is 300 Å². The van der Waals surface area contributed by atoms with E-state index in [9.17, 15) is 48.0 Å². The Labute approximate surface area is 962 Å². The van der Waals surface area contributed by atoms with Gasteiger partial charge in [0, 0.05) is 103 Å². The molecule has 4 fully saturated rings. The molecule has 0 radical (unpaired) electrons. The SMILES string of the molecule is C#C[Si](C)(C)C.C#Cc1cccc(Cc2csc(C(=O)c3cncnc3N[C@@H]3C[C@H](CO)[C@@H](C)C3)c2)c1.C#Cc1cccc(Cc2csc(C(=O)c3cncnc3N[C@@H]3C[C@H](COS(N)(=O)=O)[C@@H](O)C3)c2)c1.CO.C[C@H]1C[C@H](Nc2ncncc2C(=O)c2cc(Cc3cccc(Br)c3)cs2)C[C@@H]1CO.C[C@H]1C[C@H](Nc2ncncc2C(=O)c2cc(Cc3cccc(C#C[Si](C)(C)C)c3)cs2)C[C@@H]1CO.O=CO[O-].[H-].[K+].[K+]. The number of nitrogens with zero attached hydrogens (tertiary/aromatic N) is 8. The fraction of sp³-hybridized carbons (Fsp3) is 0.355. The van der Waals surface area contributed by atoms with Crippen LogP contribution in [0.2, 0.25) is 39.3 Å². The van der Waals surface area contributed by atoms with Gasteiger partial charge in [-0.25, -0.2) is 45.0 Å². The summed E-state index contributed by atoms with van der Waals surface area (Å²) in [4.78, 5) is 100. The number of terminal acetylenes is 3. The topological polar surface area (TPSA) is 439 Å². The van der Waals surface area contributed by atoms with Crippen molar-refractivity contribution in [2.75, 3.05) is 54.8 Å². The van der Waals surface area contributed by atoms with Gasteiger partial charge in [-0.2, -0.15) is 8.42 Å². The third-order valence-corrected chi connectivity index (χ3v) is 31.0. The molecule has 0 unspecified atom stereocenters. The Morgan fingerprint density at radius 3 is 1.04 bits per heavy atom. The summed E-state index contributed by atoms with van der Waals surface area (Å²) in [6.45, 7) is 19.8. The molecule has 16 rings (SSSR count). The second-order valence-corrected chi connectivity index (χ2v) is 53.0. The molecule has 4 aliphatic carbocycles. The Morgan fingerprint density at radius 2 is 0.766 bits per heavy atom. The quantitative estimate of drug-likeness (QED) is 0.00482. The summed E-state index contributed by atoms with van der Waals surface area (Å²) in [5.74, 6) is 12.0. The van der Waals surface area contributed by atoms with Gasteiger partial charge in [-0.05, 0) is 251 Å². The second-order valence-electron chi connectivity index (χ2n) is 37.7. The number of carbonyl (C=O) groups is 5. The molecular weight excluding hydrogens is 2080 g/mol. The number of benzene rings is 4. The van der Waals surface area contributed by atoms with Crippen LogP contribution in [0, 0.1) is 89.5 Å². The van der Waals surface area contributed by atoms with Crippen molar-refractivity contribution in [2.45, 2.75) is 167 Å². The first-order valence-electron chi connectivity index (χ1n) is 46.6. The van der Waals surface area contributed by atoms with Gasteiger partial charge in [0.25, 0.3) is 6.47 Å². The fourth-order valence-corrected chi connectivity index (χ4v) is 21.7. The van der Waals surface area contributed by atoms with Gasteiger partial charge in [0.1, 0.15) is 64.7 Å². The van der Waals surface area contributed by atoms with E-state index in [1.54, 1.807) is 18.6 Å². The number of nitrogens with two attached hydrogens (primary N) is 1. The Kier molecular flexibility index (Phi) is 50.6. The van der Waals surface area contributed by atoms with Crippen molar-refractivity contribution < 1.29 is 176 Å². The van der Waals surface area contributed by atoms with Crippen LogP contribution in [0.4, 0.5) is 23.3 Å². The number of aliphatic hydroxyl groups excluding tert-OH is 5. The van der Waals surface area contributed by atoms with Crippen LogP contribution >= 0.6 is 61.3 Å². The van der Waals surface area contributed by atoms with Crippen LogP contribution in [-0.2, 0) is 49.9 Å². The third kappa shape index (κ3) is 38.7. The van der Waals surface area contributed by atoms with E-state index in [-0.39, 0.29) is 196 Å². The smallest absolute Gasteiger partial charge is 1.00 e. The number of aromatic nitrogens is 8. The monoisotopic (exact) mass is 2200 g/mol. The van der Waals surface area contributed by atoms with Gasteiger partial charge in [0.05, 0.1) is 54.5 Å². The van der Waals surface area contributed by atoms with Crippen molar-refractivity contribution >= 4 is 141 Å². The van der Waals surface area contributed by atoms with Gasteiger partial charge in [0.2, 0.25) is 23.1 Å². The van der Waals surface area contributed by atoms with Gasteiger partial charge < -0.3 is 58.4 Å². The second kappa shape index (κ2) is 60.3. The van der Waals surface area contributed by atoms with Crippen molar-refractivity contribution in [1.82, 2.24) is 39.9 Å². The van der Waals surface area contributed by atoms with Crippen molar-refractivity contribution in [1.29, 1.82) is 0 Å². The number of ketones is 4. The normalized spacial score (nSPS) is 18.9. The average Bonchev–Trinajstić information content (AvgIpc) is 1.63. The number of thiophene rings is 4. The van der Waals surface area contributed by atoms with Crippen molar-refractivity contribution in [3.63, 3.8) is 0 Å². The zero-order valence-electron chi connectivity index (χ0n) is 84.4. The molecule has 145 heavy (non-hydrogen) atoms. The summed E-state index contributed by atoms with van der Waals surface area (Å²) in [7, 11) is -5.61. The van der Waals surface area contributed by atoms with E-state index < -0.39 is 38.5 Å². The van der Waals surface area contributed by atoms with Gasteiger partial charge in [-0.3, -0.25) is 28.2 Å². The number of hydrogen-bond acceptors (Lipinski definition) is 31. The molecule has 4 saturated carbocycles.